The van der Waals surface area contributed by atoms with Crippen molar-refractivity contribution in [2.45, 2.75) is 38.1 Å². The molecule has 0 aromatic heterocycles. The van der Waals surface area contributed by atoms with Crippen molar-refractivity contribution in [3.63, 3.8) is 0 Å². The van der Waals surface area contributed by atoms with Crippen LogP contribution in [0.1, 0.15) is 27.2 Å². The van der Waals surface area contributed by atoms with Crippen molar-refractivity contribution in [2.24, 2.45) is 5.92 Å². The highest BCUT2D eigenvalue weighted by Gasteiger charge is 2.26. The molecule has 0 bridgehead atoms. The van der Waals surface area contributed by atoms with E-state index in [0.717, 1.165) is 0 Å². The molecule has 0 saturated heterocycles. The van der Waals surface area contributed by atoms with E-state index < -0.39 is 22.0 Å². The van der Waals surface area contributed by atoms with Crippen LogP contribution in [0.4, 0.5) is 0 Å². The lowest BCUT2D eigenvalue weighted by molar-refractivity contribution is -0.139. The summed E-state index contributed by atoms with van der Waals surface area (Å²) in [5, 5.41) is 9.16. The Balaban J connectivity index is 2.74. The van der Waals surface area contributed by atoms with Crippen LogP contribution in [0.25, 0.3) is 0 Å². The Labute approximate surface area is 143 Å². The van der Waals surface area contributed by atoms with E-state index in [9.17, 15) is 13.2 Å². The van der Waals surface area contributed by atoms with Crippen molar-refractivity contribution in [1.29, 1.82) is 0 Å². The molecule has 0 spiro atoms. The minimum atomic E-state index is -3.91. The molecule has 0 amide bonds. The molecule has 7 nitrogen and oxygen atoms in total. The van der Waals surface area contributed by atoms with Crippen LogP contribution < -0.4 is 9.46 Å². The van der Waals surface area contributed by atoms with E-state index in [1.165, 1.54) is 24.3 Å². The van der Waals surface area contributed by atoms with Crippen molar-refractivity contribution in [3.8, 4) is 5.75 Å². The van der Waals surface area contributed by atoms with Gasteiger partial charge in [0.2, 0.25) is 10.0 Å². The van der Waals surface area contributed by atoms with Gasteiger partial charge in [0.05, 0.1) is 11.5 Å². The summed E-state index contributed by atoms with van der Waals surface area (Å²) >= 11 is 0. The second-order valence-corrected chi connectivity index (χ2v) is 7.37. The smallest absolute Gasteiger partial charge is 0.321 e. The summed E-state index contributed by atoms with van der Waals surface area (Å²) < 4.78 is 37.4. The average Bonchev–Trinajstić information content (AvgIpc) is 2.50. The zero-order valence-corrected chi connectivity index (χ0v) is 15.0. The molecule has 1 aromatic carbocycles. The van der Waals surface area contributed by atoms with Crippen molar-refractivity contribution in [2.75, 3.05) is 19.8 Å². The lowest BCUT2D eigenvalue weighted by Crippen LogP contribution is -2.41. The molecule has 0 unspecified atom stereocenters. The monoisotopic (exact) mass is 359 g/mol. The summed E-state index contributed by atoms with van der Waals surface area (Å²) in [6.45, 7) is 6.97. The third kappa shape index (κ3) is 6.86. The SMILES string of the molecule is CCOCCOc1ccc(S(=O)(=O)N[C@@H](CC(C)C)C(=O)O)cc1. The third-order valence-electron chi connectivity index (χ3n) is 3.14. The highest BCUT2D eigenvalue weighted by molar-refractivity contribution is 7.89. The number of sulfonamides is 1. The lowest BCUT2D eigenvalue weighted by atomic mass is 10.1. The molecule has 0 radical (unpaired) electrons. The lowest BCUT2D eigenvalue weighted by Gasteiger charge is -2.16. The summed E-state index contributed by atoms with van der Waals surface area (Å²) in [5.41, 5.74) is 0. The van der Waals surface area contributed by atoms with Crippen LogP contribution in [0.2, 0.25) is 0 Å². The van der Waals surface area contributed by atoms with Gasteiger partial charge in [0.25, 0.3) is 0 Å². The topological polar surface area (TPSA) is 102 Å². The maximum atomic E-state index is 12.3. The van der Waals surface area contributed by atoms with Crippen LogP contribution in [0.5, 0.6) is 5.75 Å². The van der Waals surface area contributed by atoms with Crippen molar-refractivity contribution < 1.29 is 27.8 Å². The minimum Gasteiger partial charge on any atom is -0.491 e. The first kappa shape index (κ1) is 20.4. The number of benzene rings is 1. The van der Waals surface area contributed by atoms with Gasteiger partial charge in [0.15, 0.2) is 0 Å². The van der Waals surface area contributed by atoms with Gasteiger partial charge in [-0.25, -0.2) is 8.42 Å². The van der Waals surface area contributed by atoms with E-state index >= 15 is 0 Å². The Morgan fingerprint density at radius 1 is 1.21 bits per heavy atom. The molecule has 0 aliphatic carbocycles. The molecule has 1 aromatic rings. The predicted octanol–water partition coefficient (Wildman–Crippen LogP) is 1.88. The number of aliphatic carboxylic acids is 1. The third-order valence-corrected chi connectivity index (χ3v) is 4.62. The Bertz CT molecular complexity index is 612. The number of nitrogens with one attached hydrogen (secondary N) is 1. The van der Waals surface area contributed by atoms with E-state index in [2.05, 4.69) is 4.72 Å². The molecule has 2 N–H and O–H groups in total. The van der Waals surface area contributed by atoms with Crippen LogP contribution in [0.3, 0.4) is 0 Å². The first-order valence-electron chi connectivity index (χ1n) is 7.82. The van der Waals surface area contributed by atoms with Gasteiger partial charge in [0.1, 0.15) is 18.4 Å². The van der Waals surface area contributed by atoms with E-state index in [0.29, 0.717) is 25.6 Å². The van der Waals surface area contributed by atoms with E-state index in [1.807, 2.05) is 20.8 Å². The molecule has 1 rings (SSSR count). The maximum absolute atomic E-state index is 12.3. The van der Waals surface area contributed by atoms with Gasteiger partial charge in [-0.3, -0.25) is 4.79 Å². The quantitative estimate of drug-likeness (QED) is 0.585. The van der Waals surface area contributed by atoms with Crippen LogP contribution in [0.15, 0.2) is 29.2 Å². The molecular formula is C16H25NO6S. The molecular weight excluding hydrogens is 334 g/mol. The summed E-state index contributed by atoms with van der Waals surface area (Å²) in [7, 11) is -3.91. The standard InChI is InChI=1S/C16H25NO6S/c1-4-22-9-10-23-13-5-7-14(8-6-13)24(20,21)17-15(16(18)19)11-12(2)3/h5-8,12,15,17H,4,9-11H2,1-3H3,(H,18,19)/t15-/m0/s1. The molecule has 0 aliphatic rings. The average molecular weight is 359 g/mol. The van der Waals surface area contributed by atoms with Gasteiger partial charge in [-0.05, 0) is 43.5 Å². The zero-order chi connectivity index (χ0) is 18.2. The normalized spacial score (nSPS) is 13.0. The molecule has 24 heavy (non-hydrogen) atoms. The fourth-order valence-corrected chi connectivity index (χ4v) is 3.21. The number of carbonyl (C=O) groups is 1. The van der Waals surface area contributed by atoms with Gasteiger partial charge in [-0.15, -0.1) is 0 Å². The number of rotatable bonds is 11. The number of carboxylic acid groups (broad SMARTS) is 1. The fraction of sp³-hybridized carbons (Fsp3) is 0.562. The van der Waals surface area contributed by atoms with Crippen molar-refractivity contribution in [3.05, 3.63) is 24.3 Å². The predicted molar refractivity (Wildman–Crippen MR) is 89.6 cm³/mol. The van der Waals surface area contributed by atoms with E-state index in [1.54, 1.807) is 0 Å². The van der Waals surface area contributed by atoms with E-state index in [4.69, 9.17) is 14.6 Å². The summed E-state index contributed by atoms with van der Waals surface area (Å²) in [6, 6.07) is 4.66. The Morgan fingerprint density at radius 3 is 2.33 bits per heavy atom. The molecule has 0 aliphatic heterocycles. The highest BCUT2D eigenvalue weighted by atomic mass is 32.2. The largest absolute Gasteiger partial charge is 0.491 e. The minimum absolute atomic E-state index is 0.00494. The number of hydrogen-bond acceptors (Lipinski definition) is 5. The summed E-state index contributed by atoms with van der Waals surface area (Å²) in [6.07, 6.45) is 0.215. The van der Waals surface area contributed by atoms with Gasteiger partial charge in [0, 0.05) is 6.61 Å². The molecule has 0 heterocycles. The van der Waals surface area contributed by atoms with Crippen LogP contribution in [-0.2, 0) is 19.6 Å². The molecule has 8 heteroatoms. The Hall–Kier alpha value is -1.64. The van der Waals surface area contributed by atoms with Crippen LogP contribution in [0, 0.1) is 5.92 Å². The molecule has 0 fully saturated rings. The second kappa shape index (κ2) is 9.61. The highest BCUT2D eigenvalue weighted by Crippen LogP contribution is 2.17. The zero-order valence-electron chi connectivity index (χ0n) is 14.2. The fourth-order valence-electron chi connectivity index (χ4n) is 2.00. The molecule has 136 valence electrons. The van der Waals surface area contributed by atoms with Crippen molar-refractivity contribution >= 4 is 16.0 Å². The summed E-state index contributed by atoms with van der Waals surface area (Å²) in [5.74, 6) is -0.622. The molecule has 1 atom stereocenters. The van der Waals surface area contributed by atoms with Gasteiger partial charge in [-0.2, -0.15) is 4.72 Å². The van der Waals surface area contributed by atoms with Crippen LogP contribution >= 0.6 is 0 Å². The summed E-state index contributed by atoms with van der Waals surface area (Å²) in [4.78, 5) is 11.2. The number of ether oxygens (including phenoxy) is 2. The first-order valence-corrected chi connectivity index (χ1v) is 9.30. The van der Waals surface area contributed by atoms with E-state index in [-0.39, 0.29) is 17.2 Å². The van der Waals surface area contributed by atoms with Gasteiger partial charge < -0.3 is 14.6 Å². The number of hydrogen-bond donors (Lipinski definition) is 2. The first-order chi connectivity index (χ1) is 11.3. The number of carboxylic acids is 1. The van der Waals surface area contributed by atoms with Gasteiger partial charge >= 0.3 is 5.97 Å². The second-order valence-electron chi connectivity index (χ2n) is 5.66. The molecule has 0 saturated carbocycles. The Kier molecular flexibility index (Phi) is 8.17. The maximum Gasteiger partial charge on any atom is 0.321 e. The van der Waals surface area contributed by atoms with Crippen molar-refractivity contribution in [1.82, 2.24) is 4.72 Å². The van der Waals surface area contributed by atoms with Crippen LogP contribution in [-0.4, -0.2) is 45.4 Å². The Morgan fingerprint density at radius 2 is 1.83 bits per heavy atom. The van der Waals surface area contributed by atoms with Gasteiger partial charge in [-0.1, -0.05) is 13.8 Å².